The summed E-state index contributed by atoms with van der Waals surface area (Å²) in [7, 11) is 0. The topological polar surface area (TPSA) is 80.0 Å². The number of hydrogen-bond donors (Lipinski definition) is 2. The van der Waals surface area contributed by atoms with E-state index in [0.29, 0.717) is 22.2 Å². The van der Waals surface area contributed by atoms with Crippen molar-refractivity contribution in [2.45, 2.75) is 6.92 Å². The van der Waals surface area contributed by atoms with E-state index in [2.05, 4.69) is 15.3 Å². The number of anilines is 1. The molecule has 2 aromatic carbocycles. The third-order valence-corrected chi connectivity index (χ3v) is 4.75. The van der Waals surface area contributed by atoms with Crippen LogP contribution in [0.5, 0.6) is 0 Å². The summed E-state index contributed by atoms with van der Waals surface area (Å²) < 4.78 is 43.6. The van der Waals surface area contributed by atoms with Crippen molar-refractivity contribution in [2.24, 2.45) is 0 Å². The van der Waals surface area contributed by atoms with Gasteiger partial charge in [0.25, 0.3) is 5.56 Å². The van der Waals surface area contributed by atoms with Gasteiger partial charge in [0, 0.05) is 23.6 Å². The Kier molecular flexibility index (Phi) is 5.43. The fourth-order valence-corrected chi connectivity index (χ4v) is 3.38. The first-order valence-electron chi connectivity index (χ1n) is 9.40. The van der Waals surface area contributed by atoms with E-state index in [0.717, 1.165) is 16.7 Å². The molecule has 6 nitrogen and oxygen atoms in total. The molecular formula is C22H17F3N4O2. The smallest absolute Gasteiger partial charge is 0.256 e. The predicted octanol–water partition coefficient (Wildman–Crippen LogP) is 3.58. The molecule has 0 fully saturated rings. The summed E-state index contributed by atoms with van der Waals surface area (Å²) in [5, 5.41) is 12.3. The fourth-order valence-electron chi connectivity index (χ4n) is 3.38. The molecule has 0 aliphatic rings. The molecule has 158 valence electrons. The lowest BCUT2D eigenvalue weighted by Crippen LogP contribution is -2.22. The molecule has 0 bridgehead atoms. The maximum Gasteiger partial charge on any atom is 0.256 e. The summed E-state index contributed by atoms with van der Waals surface area (Å²) in [6.07, 6.45) is 0. The highest BCUT2D eigenvalue weighted by Crippen LogP contribution is 2.31. The summed E-state index contributed by atoms with van der Waals surface area (Å²) in [6.45, 7) is 1.59. The summed E-state index contributed by atoms with van der Waals surface area (Å²) in [6, 6.07) is 10.0. The lowest BCUT2D eigenvalue weighted by molar-refractivity contribution is 0.311. The van der Waals surface area contributed by atoms with Gasteiger partial charge in [-0.25, -0.2) is 18.2 Å². The number of aliphatic hydroxyl groups excluding tert-OH is 1. The molecule has 0 radical (unpaired) electrons. The number of aromatic nitrogens is 3. The van der Waals surface area contributed by atoms with E-state index >= 15 is 0 Å². The molecule has 0 atom stereocenters. The van der Waals surface area contributed by atoms with Crippen molar-refractivity contribution < 1.29 is 18.3 Å². The summed E-state index contributed by atoms with van der Waals surface area (Å²) in [5.41, 5.74) is 0.179. The van der Waals surface area contributed by atoms with Gasteiger partial charge >= 0.3 is 0 Å². The van der Waals surface area contributed by atoms with Crippen LogP contribution in [0.2, 0.25) is 0 Å². The largest absolute Gasteiger partial charge is 0.395 e. The molecule has 4 aromatic rings. The lowest BCUT2D eigenvalue weighted by Gasteiger charge is -2.16. The number of para-hydroxylation sites is 1. The van der Waals surface area contributed by atoms with E-state index < -0.39 is 28.7 Å². The van der Waals surface area contributed by atoms with Gasteiger partial charge in [-0.3, -0.25) is 9.36 Å². The van der Waals surface area contributed by atoms with Gasteiger partial charge in [-0.05, 0) is 48.9 Å². The Hall–Kier alpha value is -3.72. The molecule has 2 heterocycles. The SMILES string of the molecule is Cc1cc(F)ccc1-c1nc(NCCO)nc2c1ccc(=O)n2-c1c(F)cccc1F. The quantitative estimate of drug-likeness (QED) is 0.510. The van der Waals surface area contributed by atoms with Crippen molar-refractivity contribution in [3.8, 4) is 16.9 Å². The number of aryl methyl sites for hydroxylation is 1. The van der Waals surface area contributed by atoms with E-state index in [9.17, 15) is 18.0 Å². The van der Waals surface area contributed by atoms with Crippen LogP contribution in [0.25, 0.3) is 28.0 Å². The first-order valence-corrected chi connectivity index (χ1v) is 9.40. The normalized spacial score (nSPS) is 11.1. The van der Waals surface area contributed by atoms with Crippen LogP contribution in [0.3, 0.4) is 0 Å². The maximum atomic E-state index is 14.5. The Morgan fingerprint density at radius 3 is 2.45 bits per heavy atom. The van der Waals surface area contributed by atoms with Gasteiger partial charge in [0.05, 0.1) is 12.3 Å². The van der Waals surface area contributed by atoms with Crippen molar-refractivity contribution in [1.82, 2.24) is 14.5 Å². The third-order valence-electron chi connectivity index (χ3n) is 4.75. The van der Waals surface area contributed by atoms with Crippen LogP contribution in [-0.4, -0.2) is 32.8 Å². The number of rotatable bonds is 5. The van der Waals surface area contributed by atoms with Gasteiger partial charge in [0.15, 0.2) is 5.65 Å². The van der Waals surface area contributed by atoms with E-state index in [1.165, 1.54) is 36.4 Å². The number of nitrogens with one attached hydrogen (secondary N) is 1. The van der Waals surface area contributed by atoms with Crippen molar-refractivity contribution in [3.63, 3.8) is 0 Å². The molecule has 0 saturated carbocycles. The van der Waals surface area contributed by atoms with Crippen LogP contribution in [0.15, 0.2) is 53.3 Å². The highest BCUT2D eigenvalue weighted by atomic mass is 19.1. The Bertz CT molecular complexity index is 1330. The molecule has 0 spiro atoms. The zero-order chi connectivity index (χ0) is 22.1. The van der Waals surface area contributed by atoms with Crippen LogP contribution in [0.4, 0.5) is 19.1 Å². The molecule has 4 rings (SSSR count). The van der Waals surface area contributed by atoms with Crippen LogP contribution in [-0.2, 0) is 0 Å². The van der Waals surface area contributed by atoms with Crippen molar-refractivity contribution >= 4 is 17.0 Å². The number of aliphatic hydroxyl groups is 1. The standard InChI is InChI=1S/C22H17F3N4O2/c1-12-11-13(23)5-6-14(12)19-15-7-8-18(31)29(20-16(24)3-2-4-17(20)25)21(15)28-22(27-19)26-9-10-30/h2-8,11,30H,9-10H2,1H3,(H,26,27,28). The average Bonchev–Trinajstić information content (AvgIpc) is 2.73. The van der Waals surface area contributed by atoms with Gasteiger partial charge in [-0.1, -0.05) is 6.07 Å². The second-order valence-electron chi connectivity index (χ2n) is 6.82. The molecule has 0 saturated heterocycles. The van der Waals surface area contributed by atoms with E-state index in [-0.39, 0.29) is 24.7 Å². The highest BCUT2D eigenvalue weighted by Gasteiger charge is 2.20. The second-order valence-corrected chi connectivity index (χ2v) is 6.82. The zero-order valence-corrected chi connectivity index (χ0v) is 16.4. The monoisotopic (exact) mass is 426 g/mol. The van der Waals surface area contributed by atoms with E-state index in [1.807, 2.05) is 0 Å². The van der Waals surface area contributed by atoms with Crippen LogP contribution in [0.1, 0.15) is 5.56 Å². The number of pyridine rings is 1. The Morgan fingerprint density at radius 2 is 1.77 bits per heavy atom. The first kappa shape index (κ1) is 20.5. The van der Waals surface area contributed by atoms with Gasteiger partial charge in [-0.15, -0.1) is 0 Å². The van der Waals surface area contributed by atoms with Gasteiger partial charge < -0.3 is 10.4 Å². The molecule has 0 aliphatic carbocycles. The number of hydrogen-bond acceptors (Lipinski definition) is 5. The Labute approximate surface area is 174 Å². The second kappa shape index (κ2) is 8.19. The molecule has 31 heavy (non-hydrogen) atoms. The van der Waals surface area contributed by atoms with Crippen molar-refractivity contribution in [1.29, 1.82) is 0 Å². The molecule has 0 aliphatic heterocycles. The maximum absolute atomic E-state index is 14.5. The van der Waals surface area contributed by atoms with Crippen molar-refractivity contribution in [3.05, 3.63) is 81.9 Å². The molecule has 9 heteroatoms. The minimum absolute atomic E-state index is 0.0364. The minimum atomic E-state index is -0.933. The highest BCUT2D eigenvalue weighted by molar-refractivity contribution is 5.93. The number of fused-ring (bicyclic) bond motifs is 1. The van der Waals surface area contributed by atoms with Crippen LogP contribution in [0, 0.1) is 24.4 Å². The summed E-state index contributed by atoms with van der Waals surface area (Å²) in [5.74, 6) is -2.25. The Balaban J connectivity index is 2.11. The lowest BCUT2D eigenvalue weighted by atomic mass is 10.0. The zero-order valence-electron chi connectivity index (χ0n) is 16.4. The first-order chi connectivity index (χ1) is 14.9. The predicted molar refractivity (Wildman–Crippen MR) is 111 cm³/mol. The number of nitrogens with zero attached hydrogens (tertiary/aromatic N) is 3. The number of benzene rings is 2. The van der Waals surface area contributed by atoms with Crippen molar-refractivity contribution in [2.75, 3.05) is 18.5 Å². The van der Waals surface area contributed by atoms with E-state index in [1.54, 1.807) is 6.92 Å². The molecular weight excluding hydrogens is 409 g/mol. The molecule has 0 unspecified atom stereocenters. The average molecular weight is 426 g/mol. The Morgan fingerprint density at radius 1 is 1.03 bits per heavy atom. The van der Waals surface area contributed by atoms with E-state index in [4.69, 9.17) is 5.11 Å². The molecule has 2 aromatic heterocycles. The minimum Gasteiger partial charge on any atom is -0.395 e. The third kappa shape index (κ3) is 3.75. The molecule has 2 N–H and O–H groups in total. The molecule has 0 amide bonds. The van der Waals surface area contributed by atoms with Gasteiger partial charge in [-0.2, -0.15) is 4.98 Å². The summed E-state index contributed by atoms with van der Waals surface area (Å²) in [4.78, 5) is 21.4. The van der Waals surface area contributed by atoms with Crippen LogP contribution < -0.4 is 10.9 Å². The van der Waals surface area contributed by atoms with Gasteiger partial charge in [0.2, 0.25) is 5.95 Å². The summed E-state index contributed by atoms with van der Waals surface area (Å²) >= 11 is 0. The number of halogens is 3. The van der Waals surface area contributed by atoms with Crippen LogP contribution >= 0.6 is 0 Å². The fraction of sp³-hybridized carbons (Fsp3) is 0.136. The van der Waals surface area contributed by atoms with Gasteiger partial charge in [0.1, 0.15) is 23.1 Å².